The highest BCUT2D eigenvalue weighted by Crippen LogP contribution is 2.29. The second-order valence-electron chi connectivity index (χ2n) is 6.78. The summed E-state index contributed by atoms with van der Waals surface area (Å²) in [5.41, 5.74) is 0. The summed E-state index contributed by atoms with van der Waals surface area (Å²) in [4.78, 5) is 46.9. The quantitative estimate of drug-likeness (QED) is 0.719. The molecule has 2 saturated heterocycles. The van der Waals surface area contributed by atoms with Crippen LogP contribution in [0.3, 0.4) is 0 Å². The van der Waals surface area contributed by atoms with E-state index in [2.05, 4.69) is 4.98 Å². The van der Waals surface area contributed by atoms with Crippen molar-refractivity contribution in [2.45, 2.75) is 18.9 Å². The summed E-state index contributed by atoms with van der Waals surface area (Å²) in [7, 11) is 0. The standard InChI is InChI=1S/C18H22N4O5/c23-15(11-22-16(24)12-27-14-4-1-5-19-17(14)22)21-6-2-3-13(21)18(25)20-7-9-26-10-8-20/h1,4-5,13H,2-3,6-12H2/t13-/m0/s1. The molecule has 0 radical (unpaired) electrons. The van der Waals surface area contributed by atoms with E-state index in [0.29, 0.717) is 50.8 Å². The van der Waals surface area contributed by atoms with E-state index in [9.17, 15) is 14.4 Å². The van der Waals surface area contributed by atoms with Crippen LogP contribution in [0.25, 0.3) is 0 Å². The summed E-state index contributed by atoms with van der Waals surface area (Å²) in [6.45, 7) is 2.41. The van der Waals surface area contributed by atoms with Gasteiger partial charge in [-0.15, -0.1) is 0 Å². The minimum absolute atomic E-state index is 0.0315. The fourth-order valence-electron chi connectivity index (χ4n) is 3.74. The number of carbonyl (C=O) groups excluding carboxylic acids is 3. The average molecular weight is 374 g/mol. The van der Waals surface area contributed by atoms with Gasteiger partial charge in [0.1, 0.15) is 12.6 Å². The van der Waals surface area contributed by atoms with Gasteiger partial charge in [0, 0.05) is 25.8 Å². The summed E-state index contributed by atoms with van der Waals surface area (Å²) in [6, 6.07) is 2.97. The molecule has 3 aliphatic rings. The molecule has 4 rings (SSSR count). The molecule has 0 aromatic carbocycles. The zero-order valence-electron chi connectivity index (χ0n) is 15.0. The van der Waals surface area contributed by atoms with E-state index >= 15 is 0 Å². The monoisotopic (exact) mass is 374 g/mol. The first kappa shape index (κ1) is 17.7. The molecule has 0 bridgehead atoms. The molecule has 0 unspecified atom stereocenters. The molecule has 1 atom stereocenters. The predicted octanol–water partition coefficient (Wildman–Crippen LogP) is -0.343. The van der Waals surface area contributed by atoms with Gasteiger partial charge >= 0.3 is 0 Å². The Labute approximate surface area is 156 Å². The second-order valence-corrected chi connectivity index (χ2v) is 6.78. The van der Waals surface area contributed by atoms with E-state index < -0.39 is 6.04 Å². The van der Waals surface area contributed by atoms with Crippen molar-refractivity contribution in [3.8, 4) is 5.75 Å². The van der Waals surface area contributed by atoms with Crippen molar-refractivity contribution in [2.24, 2.45) is 0 Å². The molecule has 2 fully saturated rings. The first-order valence-electron chi connectivity index (χ1n) is 9.19. The molecule has 1 aromatic rings. The van der Waals surface area contributed by atoms with Gasteiger partial charge in [0.05, 0.1) is 13.2 Å². The SMILES string of the molecule is O=C([C@@H]1CCCN1C(=O)CN1C(=O)COc2cccnc21)N1CCOCC1. The summed E-state index contributed by atoms with van der Waals surface area (Å²) >= 11 is 0. The van der Waals surface area contributed by atoms with Crippen LogP contribution >= 0.6 is 0 Å². The lowest BCUT2D eigenvalue weighted by atomic mass is 10.2. The van der Waals surface area contributed by atoms with Gasteiger partial charge in [-0.05, 0) is 25.0 Å². The molecule has 0 spiro atoms. The van der Waals surface area contributed by atoms with E-state index in [1.165, 1.54) is 4.90 Å². The summed E-state index contributed by atoms with van der Waals surface area (Å²) in [5, 5.41) is 0. The maximum absolute atomic E-state index is 12.9. The van der Waals surface area contributed by atoms with Gasteiger partial charge in [-0.2, -0.15) is 0 Å². The van der Waals surface area contributed by atoms with E-state index in [4.69, 9.17) is 9.47 Å². The van der Waals surface area contributed by atoms with Crippen molar-refractivity contribution in [3.63, 3.8) is 0 Å². The van der Waals surface area contributed by atoms with Crippen LogP contribution in [0, 0.1) is 0 Å². The molecule has 144 valence electrons. The number of morpholine rings is 1. The first-order valence-corrected chi connectivity index (χ1v) is 9.19. The number of fused-ring (bicyclic) bond motifs is 1. The van der Waals surface area contributed by atoms with Crippen molar-refractivity contribution in [1.29, 1.82) is 0 Å². The molecule has 0 aliphatic carbocycles. The Morgan fingerprint density at radius 3 is 2.85 bits per heavy atom. The van der Waals surface area contributed by atoms with Crippen LogP contribution in [-0.2, 0) is 19.1 Å². The Bertz CT molecular complexity index is 749. The molecule has 27 heavy (non-hydrogen) atoms. The molecule has 3 amide bonds. The third kappa shape index (κ3) is 3.46. The highest BCUT2D eigenvalue weighted by Gasteiger charge is 2.38. The summed E-state index contributed by atoms with van der Waals surface area (Å²) < 4.78 is 10.7. The summed E-state index contributed by atoms with van der Waals surface area (Å²) in [5.74, 6) is 0.233. The van der Waals surface area contributed by atoms with Gasteiger partial charge in [0.15, 0.2) is 18.2 Å². The topological polar surface area (TPSA) is 92.3 Å². The number of hydrogen-bond acceptors (Lipinski definition) is 6. The minimum atomic E-state index is -0.463. The van der Waals surface area contributed by atoms with Crippen LogP contribution < -0.4 is 9.64 Å². The second kappa shape index (κ2) is 7.51. The lowest BCUT2D eigenvalue weighted by Gasteiger charge is -2.34. The predicted molar refractivity (Wildman–Crippen MR) is 94.2 cm³/mol. The number of anilines is 1. The van der Waals surface area contributed by atoms with E-state index in [1.54, 1.807) is 28.1 Å². The average Bonchev–Trinajstić information content (AvgIpc) is 3.20. The summed E-state index contributed by atoms with van der Waals surface area (Å²) in [6.07, 6.45) is 2.98. The van der Waals surface area contributed by atoms with Crippen LogP contribution in [0.2, 0.25) is 0 Å². The molecule has 3 aliphatic heterocycles. The van der Waals surface area contributed by atoms with Crippen molar-refractivity contribution in [2.75, 3.05) is 50.9 Å². The van der Waals surface area contributed by atoms with Crippen molar-refractivity contribution in [3.05, 3.63) is 18.3 Å². The number of amides is 3. The van der Waals surface area contributed by atoms with Gasteiger partial charge in [0.25, 0.3) is 5.91 Å². The van der Waals surface area contributed by atoms with Crippen LogP contribution in [0.4, 0.5) is 5.82 Å². The highest BCUT2D eigenvalue weighted by atomic mass is 16.5. The molecular weight excluding hydrogens is 352 g/mol. The van der Waals surface area contributed by atoms with Gasteiger partial charge in [-0.3, -0.25) is 19.3 Å². The van der Waals surface area contributed by atoms with Crippen molar-refractivity contribution < 1.29 is 23.9 Å². The zero-order chi connectivity index (χ0) is 18.8. The lowest BCUT2D eigenvalue weighted by Crippen LogP contribution is -2.53. The Morgan fingerprint density at radius 2 is 2.04 bits per heavy atom. The van der Waals surface area contributed by atoms with Crippen molar-refractivity contribution >= 4 is 23.5 Å². The van der Waals surface area contributed by atoms with Crippen LogP contribution in [0.5, 0.6) is 5.75 Å². The van der Waals surface area contributed by atoms with E-state index in [0.717, 1.165) is 6.42 Å². The fraction of sp³-hybridized carbons (Fsp3) is 0.556. The Morgan fingerprint density at radius 1 is 1.22 bits per heavy atom. The minimum Gasteiger partial charge on any atom is -0.480 e. The van der Waals surface area contributed by atoms with E-state index in [-0.39, 0.29) is 30.9 Å². The first-order chi connectivity index (χ1) is 13.1. The fourth-order valence-corrected chi connectivity index (χ4v) is 3.74. The number of rotatable bonds is 3. The van der Waals surface area contributed by atoms with Gasteiger partial charge < -0.3 is 19.3 Å². The molecule has 0 N–H and O–H groups in total. The Balaban J connectivity index is 1.47. The Kier molecular flexibility index (Phi) is 4.93. The largest absolute Gasteiger partial charge is 0.480 e. The van der Waals surface area contributed by atoms with E-state index in [1.807, 2.05) is 0 Å². The number of hydrogen-bond donors (Lipinski definition) is 0. The number of carbonyl (C=O) groups is 3. The number of pyridine rings is 1. The van der Waals surface area contributed by atoms with Crippen molar-refractivity contribution in [1.82, 2.24) is 14.8 Å². The highest BCUT2D eigenvalue weighted by molar-refractivity contribution is 6.01. The normalized spacial score (nSPS) is 22.4. The van der Waals surface area contributed by atoms with Crippen LogP contribution in [0.1, 0.15) is 12.8 Å². The van der Waals surface area contributed by atoms with Crippen LogP contribution in [-0.4, -0.2) is 84.5 Å². The number of likely N-dealkylation sites (tertiary alicyclic amines) is 1. The third-order valence-electron chi connectivity index (χ3n) is 5.13. The van der Waals surface area contributed by atoms with Gasteiger partial charge in [-0.25, -0.2) is 4.98 Å². The lowest BCUT2D eigenvalue weighted by molar-refractivity contribution is -0.146. The van der Waals surface area contributed by atoms with Gasteiger partial charge in [0.2, 0.25) is 11.8 Å². The van der Waals surface area contributed by atoms with Crippen LogP contribution in [0.15, 0.2) is 18.3 Å². The molecule has 1 aromatic heterocycles. The molecule has 9 nitrogen and oxygen atoms in total. The van der Waals surface area contributed by atoms with Gasteiger partial charge in [-0.1, -0.05) is 0 Å². The molecule has 9 heteroatoms. The third-order valence-corrected chi connectivity index (χ3v) is 5.13. The maximum atomic E-state index is 12.9. The molecular formula is C18H22N4O5. The number of nitrogens with zero attached hydrogens (tertiary/aromatic N) is 4. The maximum Gasteiger partial charge on any atom is 0.266 e. The molecule has 0 saturated carbocycles. The number of aromatic nitrogens is 1. The Hall–Kier alpha value is -2.68. The molecule has 4 heterocycles. The smallest absolute Gasteiger partial charge is 0.266 e. The number of ether oxygens (including phenoxy) is 2. The zero-order valence-corrected chi connectivity index (χ0v) is 15.0.